The summed E-state index contributed by atoms with van der Waals surface area (Å²) in [5.41, 5.74) is 0.471. The number of likely N-dealkylation sites (N-methyl/N-ethyl adjacent to an activating group) is 1. The van der Waals surface area contributed by atoms with Gasteiger partial charge < -0.3 is 9.80 Å². The minimum atomic E-state index is -0.719. The molecule has 140 valence electrons. The van der Waals surface area contributed by atoms with Gasteiger partial charge >= 0.3 is 6.03 Å². The van der Waals surface area contributed by atoms with Crippen molar-refractivity contribution >= 4 is 29.2 Å². The van der Waals surface area contributed by atoms with E-state index in [1.54, 1.807) is 23.3 Å². The topological polar surface area (TPSA) is 60.9 Å². The molecule has 3 aliphatic rings. The molecule has 1 aromatic rings. The van der Waals surface area contributed by atoms with Crippen molar-refractivity contribution in [3.05, 3.63) is 21.9 Å². The Kier molecular flexibility index (Phi) is 4.29. The summed E-state index contributed by atoms with van der Waals surface area (Å²) >= 11 is 1.73. The molecule has 1 unspecified atom stereocenters. The van der Waals surface area contributed by atoms with Crippen LogP contribution in [0.25, 0.3) is 0 Å². The Bertz CT molecular complexity index is 753. The quantitative estimate of drug-likeness (QED) is 0.747. The molecule has 0 radical (unpaired) electrons. The normalized spacial score (nSPS) is 25.2. The third-order valence-electron chi connectivity index (χ3n) is 6.37. The van der Waals surface area contributed by atoms with Crippen molar-refractivity contribution in [2.24, 2.45) is 0 Å². The van der Waals surface area contributed by atoms with Crippen LogP contribution in [-0.4, -0.2) is 58.2 Å². The number of urea groups is 1. The van der Waals surface area contributed by atoms with Gasteiger partial charge in [-0.05, 0) is 43.2 Å². The van der Waals surface area contributed by atoms with Crippen LogP contribution in [0.4, 0.5) is 4.79 Å². The number of rotatable bonds is 2. The van der Waals surface area contributed by atoms with Gasteiger partial charge in [-0.3, -0.25) is 14.5 Å². The minimum absolute atomic E-state index is 0.00771. The van der Waals surface area contributed by atoms with E-state index in [0.29, 0.717) is 19.4 Å². The van der Waals surface area contributed by atoms with Crippen LogP contribution in [0.1, 0.15) is 55.5 Å². The Morgan fingerprint density at radius 3 is 2.73 bits per heavy atom. The van der Waals surface area contributed by atoms with E-state index in [4.69, 9.17) is 0 Å². The molecule has 1 aromatic heterocycles. The average Bonchev–Trinajstić information content (AvgIpc) is 3.19. The largest absolute Gasteiger partial charge is 0.334 e. The van der Waals surface area contributed by atoms with Gasteiger partial charge in [0, 0.05) is 18.5 Å². The highest BCUT2D eigenvalue weighted by Gasteiger charge is 2.56. The maximum Gasteiger partial charge on any atom is 0.327 e. The van der Waals surface area contributed by atoms with Gasteiger partial charge in [-0.2, -0.15) is 0 Å². The number of hydrogen-bond donors (Lipinski definition) is 0. The molecule has 1 saturated carbocycles. The molecule has 3 heterocycles. The molecule has 7 heteroatoms. The van der Waals surface area contributed by atoms with Gasteiger partial charge in [0.05, 0.1) is 6.04 Å². The third-order valence-corrected chi connectivity index (χ3v) is 7.37. The molecule has 1 spiro atoms. The van der Waals surface area contributed by atoms with Crippen LogP contribution in [-0.2, 0) is 16.0 Å². The second-order valence-corrected chi connectivity index (χ2v) is 8.64. The third kappa shape index (κ3) is 2.47. The molecule has 0 aromatic carbocycles. The lowest BCUT2D eigenvalue weighted by molar-refractivity contribution is -0.141. The number of amides is 4. The second kappa shape index (κ2) is 6.37. The molecule has 0 N–H and O–H groups in total. The zero-order valence-corrected chi connectivity index (χ0v) is 16.2. The van der Waals surface area contributed by atoms with E-state index in [2.05, 4.69) is 11.4 Å². The van der Waals surface area contributed by atoms with Crippen LogP contribution in [0.5, 0.6) is 0 Å². The van der Waals surface area contributed by atoms with E-state index >= 15 is 0 Å². The van der Waals surface area contributed by atoms with Crippen LogP contribution in [0.3, 0.4) is 0 Å². The summed E-state index contributed by atoms with van der Waals surface area (Å²) in [6, 6.07) is 1.74. The first-order chi connectivity index (χ1) is 12.5. The van der Waals surface area contributed by atoms with Gasteiger partial charge in [0.15, 0.2) is 0 Å². The predicted molar refractivity (Wildman–Crippen MR) is 98.8 cm³/mol. The summed E-state index contributed by atoms with van der Waals surface area (Å²) < 4.78 is 0. The Balaban J connectivity index is 1.51. The standard InChI is InChI=1S/C19H25N3O3S/c1-13-14-7-11-26-15(14)6-10-21(13)16(23)12-22-17(24)19(20(2)18(22)25)8-4-3-5-9-19/h7,11,13H,3-6,8-10,12H2,1-2H3. The molecule has 26 heavy (non-hydrogen) atoms. The summed E-state index contributed by atoms with van der Waals surface area (Å²) in [7, 11) is 1.71. The average molecular weight is 375 g/mol. The van der Waals surface area contributed by atoms with Crippen LogP contribution < -0.4 is 0 Å². The van der Waals surface area contributed by atoms with Crippen molar-refractivity contribution in [2.45, 2.75) is 57.0 Å². The van der Waals surface area contributed by atoms with Crippen molar-refractivity contribution in [1.82, 2.24) is 14.7 Å². The summed E-state index contributed by atoms with van der Waals surface area (Å²) in [5, 5.41) is 2.06. The Labute approximate surface area is 157 Å². The summed E-state index contributed by atoms with van der Waals surface area (Å²) in [6.07, 6.45) is 5.26. The van der Waals surface area contributed by atoms with Crippen LogP contribution in [0, 0.1) is 0 Å². The van der Waals surface area contributed by atoms with E-state index in [-0.39, 0.29) is 30.4 Å². The fourth-order valence-corrected chi connectivity index (χ4v) is 5.71. The monoisotopic (exact) mass is 375 g/mol. The molecule has 2 fully saturated rings. The number of hydrogen-bond acceptors (Lipinski definition) is 4. The molecular formula is C19H25N3O3S. The van der Waals surface area contributed by atoms with Crippen LogP contribution in [0.15, 0.2) is 11.4 Å². The van der Waals surface area contributed by atoms with Gasteiger partial charge in [-0.25, -0.2) is 4.79 Å². The smallest absolute Gasteiger partial charge is 0.327 e. The number of thiophene rings is 1. The van der Waals surface area contributed by atoms with Gasteiger partial charge in [-0.15, -0.1) is 11.3 Å². The van der Waals surface area contributed by atoms with Gasteiger partial charge in [0.1, 0.15) is 12.1 Å². The van der Waals surface area contributed by atoms with E-state index < -0.39 is 5.54 Å². The molecule has 1 saturated heterocycles. The zero-order valence-electron chi connectivity index (χ0n) is 15.4. The van der Waals surface area contributed by atoms with Crippen molar-refractivity contribution in [1.29, 1.82) is 0 Å². The number of carbonyl (C=O) groups excluding carboxylic acids is 3. The maximum absolute atomic E-state index is 13.1. The number of fused-ring (bicyclic) bond motifs is 1. The molecule has 1 aliphatic carbocycles. The molecule has 2 aliphatic heterocycles. The van der Waals surface area contributed by atoms with E-state index in [1.807, 2.05) is 11.8 Å². The SMILES string of the molecule is CC1c2ccsc2CCN1C(=O)CN1C(=O)N(C)C2(CCCCC2)C1=O. The van der Waals surface area contributed by atoms with Crippen molar-refractivity contribution in [3.63, 3.8) is 0 Å². The molecule has 0 bridgehead atoms. The molecular weight excluding hydrogens is 350 g/mol. The Morgan fingerprint density at radius 1 is 1.27 bits per heavy atom. The number of nitrogens with zero attached hydrogens (tertiary/aromatic N) is 3. The molecule has 6 nitrogen and oxygen atoms in total. The number of imide groups is 1. The summed E-state index contributed by atoms with van der Waals surface area (Å²) in [6.45, 7) is 2.52. The first kappa shape index (κ1) is 17.5. The fourth-order valence-electron chi connectivity index (χ4n) is 4.75. The number of carbonyl (C=O) groups is 3. The first-order valence-corrected chi connectivity index (χ1v) is 10.3. The second-order valence-electron chi connectivity index (χ2n) is 7.64. The predicted octanol–water partition coefficient (Wildman–Crippen LogP) is 2.79. The van der Waals surface area contributed by atoms with E-state index in [0.717, 1.165) is 25.7 Å². The van der Waals surface area contributed by atoms with Crippen LogP contribution >= 0.6 is 11.3 Å². The Hall–Kier alpha value is -1.89. The van der Waals surface area contributed by atoms with Gasteiger partial charge in [-0.1, -0.05) is 19.3 Å². The van der Waals surface area contributed by atoms with E-state index in [9.17, 15) is 14.4 Å². The summed E-state index contributed by atoms with van der Waals surface area (Å²) in [5.74, 6) is -0.323. The molecule has 4 amide bonds. The Morgan fingerprint density at radius 2 is 2.00 bits per heavy atom. The van der Waals surface area contributed by atoms with Crippen molar-refractivity contribution < 1.29 is 14.4 Å². The lowest BCUT2D eigenvalue weighted by atomic mass is 9.81. The van der Waals surface area contributed by atoms with Crippen molar-refractivity contribution in [3.8, 4) is 0 Å². The minimum Gasteiger partial charge on any atom is -0.334 e. The van der Waals surface area contributed by atoms with Gasteiger partial charge in [0.2, 0.25) is 5.91 Å². The molecule has 4 rings (SSSR count). The van der Waals surface area contributed by atoms with Crippen LogP contribution in [0.2, 0.25) is 0 Å². The van der Waals surface area contributed by atoms with E-state index in [1.165, 1.54) is 15.3 Å². The lowest BCUT2D eigenvalue weighted by Gasteiger charge is -2.36. The molecule has 1 atom stereocenters. The van der Waals surface area contributed by atoms with Crippen molar-refractivity contribution in [2.75, 3.05) is 20.1 Å². The highest BCUT2D eigenvalue weighted by molar-refractivity contribution is 7.10. The highest BCUT2D eigenvalue weighted by Crippen LogP contribution is 2.39. The first-order valence-electron chi connectivity index (χ1n) is 9.41. The fraction of sp³-hybridized carbons (Fsp3) is 0.632. The zero-order chi connectivity index (χ0) is 18.5. The lowest BCUT2D eigenvalue weighted by Crippen LogP contribution is -2.50. The highest BCUT2D eigenvalue weighted by atomic mass is 32.1. The summed E-state index contributed by atoms with van der Waals surface area (Å²) in [4.78, 5) is 44.6. The maximum atomic E-state index is 13.1. The van der Waals surface area contributed by atoms with Gasteiger partial charge in [0.25, 0.3) is 5.91 Å².